The lowest BCUT2D eigenvalue weighted by molar-refractivity contribution is -0.132. The van der Waals surface area contributed by atoms with E-state index >= 15 is 0 Å². The molecule has 1 atom stereocenters. The summed E-state index contributed by atoms with van der Waals surface area (Å²) in [5.74, 6) is -0.00696. The molecule has 1 rings (SSSR count). The molecule has 17 heavy (non-hydrogen) atoms. The molecule has 0 aromatic rings. The van der Waals surface area contributed by atoms with E-state index in [0.717, 1.165) is 6.42 Å². The highest BCUT2D eigenvalue weighted by Gasteiger charge is 2.28. The number of hydrogen-bond acceptors (Lipinski definition) is 4. The van der Waals surface area contributed by atoms with Crippen LogP contribution in [0.5, 0.6) is 0 Å². The van der Waals surface area contributed by atoms with Crippen LogP contribution in [0.4, 0.5) is 0 Å². The van der Waals surface area contributed by atoms with E-state index in [1.54, 1.807) is 0 Å². The molecule has 7 heteroatoms. The average Bonchev–Trinajstić information content (AvgIpc) is 2.37. The highest BCUT2D eigenvalue weighted by molar-refractivity contribution is 5.81. The van der Waals surface area contributed by atoms with Crippen LogP contribution in [0.3, 0.4) is 0 Å². The maximum atomic E-state index is 11.9. The van der Waals surface area contributed by atoms with E-state index in [1.807, 2.05) is 11.8 Å². The summed E-state index contributed by atoms with van der Waals surface area (Å²) in [4.78, 5) is 16.6. The lowest BCUT2D eigenvalue weighted by Gasteiger charge is -2.34. The minimum Gasteiger partial charge on any atom is -0.378 e. The maximum absolute atomic E-state index is 11.9. The Morgan fingerprint density at radius 1 is 1.71 bits per heavy atom. The second kappa shape index (κ2) is 7.89. The van der Waals surface area contributed by atoms with E-state index in [0.29, 0.717) is 39.4 Å². The number of ether oxygens (including phenoxy) is 1. The fourth-order valence-electron chi connectivity index (χ4n) is 1.73. The van der Waals surface area contributed by atoms with E-state index in [9.17, 15) is 4.79 Å². The number of nitrogens with zero attached hydrogens (tertiary/aromatic N) is 4. The second-order valence-electron chi connectivity index (χ2n) is 3.87. The van der Waals surface area contributed by atoms with Crippen molar-refractivity contribution in [3.8, 4) is 0 Å². The Morgan fingerprint density at radius 3 is 3.24 bits per heavy atom. The van der Waals surface area contributed by atoms with Crippen molar-refractivity contribution in [2.24, 2.45) is 5.11 Å². The van der Waals surface area contributed by atoms with Gasteiger partial charge in [0.1, 0.15) is 6.04 Å². The van der Waals surface area contributed by atoms with Gasteiger partial charge in [0, 0.05) is 31.1 Å². The van der Waals surface area contributed by atoms with Crippen LogP contribution in [-0.2, 0) is 9.53 Å². The summed E-state index contributed by atoms with van der Waals surface area (Å²) in [7, 11) is 0. The molecule has 1 saturated heterocycles. The second-order valence-corrected chi connectivity index (χ2v) is 3.87. The third kappa shape index (κ3) is 4.60. The molecule has 0 radical (unpaired) electrons. The van der Waals surface area contributed by atoms with Gasteiger partial charge in [0.15, 0.2) is 0 Å². The van der Waals surface area contributed by atoms with Gasteiger partial charge in [0.05, 0.1) is 13.2 Å². The minimum absolute atomic E-state index is 0.00696. The number of hydrogen-bond donors (Lipinski definition) is 1. The van der Waals surface area contributed by atoms with E-state index < -0.39 is 0 Å². The van der Waals surface area contributed by atoms with Crippen LogP contribution in [0.1, 0.15) is 13.3 Å². The molecular formula is C10H19N5O2. The predicted molar refractivity (Wildman–Crippen MR) is 63.5 cm³/mol. The summed E-state index contributed by atoms with van der Waals surface area (Å²) in [6.45, 7) is 5.40. The molecule has 96 valence electrons. The molecule has 1 fully saturated rings. The van der Waals surface area contributed by atoms with E-state index in [2.05, 4.69) is 15.3 Å². The van der Waals surface area contributed by atoms with Gasteiger partial charge in [-0.1, -0.05) is 12.0 Å². The first kappa shape index (κ1) is 13.8. The van der Waals surface area contributed by atoms with E-state index in [4.69, 9.17) is 10.3 Å². The SMILES string of the molecule is CCCNC(=O)C1COCCN1CCN=[N+]=[N-]. The van der Waals surface area contributed by atoms with Crippen LogP contribution in [0, 0.1) is 0 Å². The number of amides is 1. The van der Waals surface area contributed by atoms with E-state index in [-0.39, 0.29) is 11.9 Å². The largest absolute Gasteiger partial charge is 0.378 e. The van der Waals surface area contributed by atoms with Gasteiger partial charge in [-0.2, -0.15) is 0 Å². The summed E-state index contributed by atoms with van der Waals surface area (Å²) in [6.07, 6.45) is 0.915. The average molecular weight is 241 g/mol. The Kier molecular flexibility index (Phi) is 6.39. The van der Waals surface area contributed by atoms with Crippen molar-refractivity contribution >= 4 is 5.91 Å². The van der Waals surface area contributed by atoms with Crippen LogP contribution in [-0.4, -0.2) is 56.2 Å². The summed E-state index contributed by atoms with van der Waals surface area (Å²) in [6, 6.07) is -0.260. The number of rotatable bonds is 6. The third-order valence-corrected chi connectivity index (χ3v) is 2.64. The monoisotopic (exact) mass is 241 g/mol. The van der Waals surface area contributed by atoms with Crippen LogP contribution in [0.25, 0.3) is 10.4 Å². The molecule has 1 amide bonds. The molecule has 1 N–H and O–H groups in total. The molecule has 1 aliphatic rings. The zero-order valence-electron chi connectivity index (χ0n) is 10.1. The lowest BCUT2D eigenvalue weighted by Crippen LogP contribution is -2.54. The first-order valence-corrected chi connectivity index (χ1v) is 5.90. The number of carbonyl (C=O) groups excluding carboxylic acids is 1. The number of carbonyl (C=O) groups is 1. The fourth-order valence-corrected chi connectivity index (χ4v) is 1.73. The van der Waals surface area contributed by atoms with Crippen molar-refractivity contribution in [1.82, 2.24) is 10.2 Å². The standard InChI is InChI=1S/C10H19N5O2/c1-2-3-12-10(16)9-8-17-7-6-15(9)5-4-13-14-11/h9H,2-8H2,1H3,(H,12,16). The van der Waals surface area contributed by atoms with Crippen LogP contribution in [0.2, 0.25) is 0 Å². The van der Waals surface area contributed by atoms with Gasteiger partial charge in [-0.05, 0) is 12.0 Å². The highest BCUT2D eigenvalue weighted by atomic mass is 16.5. The molecule has 0 spiro atoms. The number of morpholine rings is 1. The fraction of sp³-hybridized carbons (Fsp3) is 0.900. The molecule has 1 unspecified atom stereocenters. The van der Waals surface area contributed by atoms with Crippen molar-refractivity contribution in [2.45, 2.75) is 19.4 Å². The zero-order chi connectivity index (χ0) is 12.5. The van der Waals surface area contributed by atoms with Crippen molar-refractivity contribution in [1.29, 1.82) is 0 Å². The van der Waals surface area contributed by atoms with Crippen molar-refractivity contribution in [3.05, 3.63) is 10.4 Å². The Balaban J connectivity index is 2.46. The van der Waals surface area contributed by atoms with Gasteiger partial charge in [0.2, 0.25) is 5.91 Å². The Bertz CT molecular complexity index is 290. The molecular weight excluding hydrogens is 222 g/mol. The maximum Gasteiger partial charge on any atom is 0.239 e. The lowest BCUT2D eigenvalue weighted by atomic mass is 10.2. The summed E-state index contributed by atoms with van der Waals surface area (Å²) >= 11 is 0. The molecule has 7 nitrogen and oxygen atoms in total. The van der Waals surface area contributed by atoms with Gasteiger partial charge in [-0.3, -0.25) is 9.69 Å². The van der Waals surface area contributed by atoms with Crippen LogP contribution >= 0.6 is 0 Å². The first-order chi connectivity index (χ1) is 8.29. The normalized spacial score (nSPS) is 20.6. The Morgan fingerprint density at radius 2 is 2.53 bits per heavy atom. The van der Waals surface area contributed by atoms with Crippen molar-refractivity contribution in [2.75, 3.05) is 39.4 Å². The topological polar surface area (TPSA) is 90.3 Å². The summed E-state index contributed by atoms with van der Waals surface area (Å²) in [5, 5.41) is 6.35. The smallest absolute Gasteiger partial charge is 0.239 e. The Hall–Kier alpha value is -1.30. The van der Waals surface area contributed by atoms with Crippen LogP contribution in [0.15, 0.2) is 5.11 Å². The van der Waals surface area contributed by atoms with E-state index in [1.165, 1.54) is 0 Å². The molecule has 1 heterocycles. The van der Waals surface area contributed by atoms with Gasteiger partial charge in [-0.15, -0.1) is 0 Å². The zero-order valence-corrected chi connectivity index (χ0v) is 10.1. The highest BCUT2D eigenvalue weighted by Crippen LogP contribution is 2.06. The number of azide groups is 1. The molecule has 1 aliphatic heterocycles. The van der Waals surface area contributed by atoms with Gasteiger partial charge in [0.25, 0.3) is 0 Å². The van der Waals surface area contributed by atoms with Gasteiger partial charge in [-0.25, -0.2) is 0 Å². The summed E-state index contributed by atoms with van der Waals surface area (Å²) in [5.41, 5.74) is 8.22. The van der Waals surface area contributed by atoms with Crippen LogP contribution < -0.4 is 5.32 Å². The molecule has 0 aliphatic carbocycles. The minimum atomic E-state index is -0.260. The van der Waals surface area contributed by atoms with Gasteiger partial charge < -0.3 is 10.1 Å². The van der Waals surface area contributed by atoms with Gasteiger partial charge >= 0.3 is 0 Å². The molecule has 0 aromatic carbocycles. The quantitative estimate of drug-likeness (QED) is 0.417. The van der Waals surface area contributed by atoms with Crippen molar-refractivity contribution in [3.63, 3.8) is 0 Å². The number of nitrogens with one attached hydrogen (secondary N) is 1. The summed E-state index contributed by atoms with van der Waals surface area (Å²) < 4.78 is 5.31. The Labute approximate surface area is 101 Å². The molecule has 0 saturated carbocycles. The molecule has 0 bridgehead atoms. The first-order valence-electron chi connectivity index (χ1n) is 5.90. The van der Waals surface area contributed by atoms with Crippen molar-refractivity contribution < 1.29 is 9.53 Å². The molecule has 0 aromatic heterocycles. The third-order valence-electron chi connectivity index (χ3n) is 2.64. The predicted octanol–water partition coefficient (Wildman–Crippen LogP) is 0.524.